The molecule has 0 spiro atoms. The number of ether oxygens (including phenoxy) is 1. The van der Waals surface area contributed by atoms with Gasteiger partial charge in [-0.25, -0.2) is 17.5 Å². The highest BCUT2D eigenvalue weighted by Crippen LogP contribution is 2.60. The summed E-state index contributed by atoms with van der Waals surface area (Å²) >= 11 is 5.63. The lowest BCUT2D eigenvalue weighted by molar-refractivity contribution is -0.121. The number of hydrogen-bond acceptors (Lipinski definition) is 6. The summed E-state index contributed by atoms with van der Waals surface area (Å²) in [4.78, 5) is 0. The van der Waals surface area contributed by atoms with Crippen LogP contribution in [0, 0.1) is 17.1 Å². The number of aliphatic hydroxyl groups is 1. The normalized spacial score (nSPS) is 25.1. The first kappa shape index (κ1) is 22.0. The van der Waals surface area contributed by atoms with Gasteiger partial charge in [-0.15, -0.1) is 0 Å². The highest BCUT2D eigenvalue weighted by Gasteiger charge is 2.69. The fourth-order valence-corrected chi connectivity index (χ4v) is 6.14. The molecule has 2 bridgehead atoms. The topological polar surface area (TPSA) is 111 Å². The van der Waals surface area contributed by atoms with Gasteiger partial charge in [0.05, 0.1) is 22.4 Å². The monoisotopic (exact) mass is 465 g/mol. The summed E-state index contributed by atoms with van der Waals surface area (Å²) in [6, 6.07) is 12.5. The first-order valence-electron chi connectivity index (χ1n) is 9.66. The molecule has 5 rings (SSSR count). The second-order valence-electron chi connectivity index (χ2n) is 8.31. The Balaban J connectivity index is 1.24. The molecule has 0 amide bonds. The molecule has 10 heteroatoms. The number of hydrogen-bond donors (Lipinski definition) is 3. The Morgan fingerprint density at radius 1 is 1.19 bits per heavy atom. The minimum Gasteiger partial charge on any atom is -0.489 e. The van der Waals surface area contributed by atoms with E-state index in [0.717, 1.165) is 6.07 Å². The number of nitrogens with one attached hydrogen (secondary N) is 2. The number of rotatable bonds is 9. The van der Waals surface area contributed by atoms with Gasteiger partial charge in [0.1, 0.15) is 24.4 Å². The van der Waals surface area contributed by atoms with Gasteiger partial charge in [-0.05, 0) is 49.1 Å². The molecule has 2 aromatic carbocycles. The van der Waals surface area contributed by atoms with Crippen molar-refractivity contribution in [3.05, 3.63) is 64.4 Å². The zero-order valence-corrected chi connectivity index (χ0v) is 18.0. The van der Waals surface area contributed by atoms with Crippen molar-refractivity contribution in [3.63, 3.8) is 0 Å². The Labute approximate surface area is 184 Å². The third kappa shape index (κ3) is 4.84. The quantitative estimate of drug-likeness (QED) is 0.490. The molecule has 31 heavy (non-hydrogen) atoms. The minimum absolute atomic E-state index is 0.00757. The van der Waals surface area contributed by atoms with E-state index >= 15 is 0 Å². The Morgan fingerprint density at radius 3 is 2.48 bits per heavy atom. The molecule has 0 aliphatic heterocycles. The molecule has 1 unspecified atom stereocenters. The van der Waals surface area contributed by atoms with E-state index in [4.69, 9.17) is 21.6 Å². The third-order valence-electron chi connectivity index (χ3n) is 5.61. The Hall–Kier alpha value is -2.22. The Kier molecular flexibility index (Phi) is 5.70. The van der Waals surface area contributed by atoms with Gasteiger partial charge in [0.15, 0.2) is 0 Å². The van der Waals surface area contributed by atoms with E-state index in [-0.39, 0.29) is 28.7 Å². The van der Waals surface area contributed by atoms with E-state index in [1.54, 1.807) is 24.3 Å². The lowest BCUT2D eigenvalue weighted by atomic mass is 9.44. The molecule has 3 N–H and O–H groups in total. The maximum Gasteiger partial charge on any atom is 0.216 e. The van der Waals surface area contributed by atoms with Gasteiger partial charge in [-0.3, -0.25) is 5.32 Å². The maximum atomic E-state index is 13.4. The van der Waals surface area contributed by atoms with Gasteiger partial charge in [0.25, 0.3) is 0 Å². The molecule has 7 nitrogen and oxygen atoms in total. The van der Waals surface area contributed by atoms with Gasteiger partial charge < -0.3 is 9.84 Å². The van der Waals surface area contributed by atoms with Crippen LogP contribution in [0.1, 0.15) is 30.4 Å². The first-order valence-corrected chi connectivity index (χ1v) is 11.7. The number of benzene rings is 2. The molecule has 0 radical (unpaired) electrons. The zero-order chi connectivity index (χ0) is 22.3. The van der Waals surface area contributed by atoms with Crippen LogP contribution in [-0.4, -0.2) is 37.4 Å². The van der Waals surface area contributed by atoms with Gasteiger partial charge in [0, 0.05) is 17.1 Å². The van der Waals surface area contributed by atoms with Gasteiger partial charge in [-0.1, -0.05) is 23.7 Å². The van der Waals surface area contributed by atoms with Crippen molar-refractivity contribution in [1.29, 1.82) is 5.26 Å². The van der Waals surface area contributed by atoms with E-state index in [9.17, 15) is 17.9 Å². The van der Waals surface area contributed by atoms with Crippen LogP contribution in [0.15, 0.2) is 42.5 Å². The fourth-order valence-electron chi connectivity index (χ4n) is 4.45. The SMILES string of the molecule is N#Cc1ccc(CS(=O)(=O)NC23CC(NC(O)COc4ccc(Cl)c(F)c4)(C2)C3)cc1. The number of halogens is 2. The van der Waals surface area contributed by atoms with Crippen LogP contribution >= 0.6 is 11.6 Å². The van der Waals surface area contributed by atoms with Crippen LogP contribution in [0.25, 0.3) is 0 Å². The molecular formula is C21H21ClFN3O4S. The van der Waals surface area contributed by atoms with Crippen molar-refractivity contribution >= 4 is 21.6 Å². The maximum absolute atomic E-state index is 13.4. The average Bonchev–Trinajstić information content (AvgIpc) is 2.66. The van der Waals surface area contributed by atoms with Crippen molar-refractivity contribution in [2.24, 2.45) is 0 Å². The smallest absolute Gasteiger partial charge is 0.216 e. The van der Waals surface area contributed by atoms with Crippen LogP contribution in [0.5, 0.6) is 5.75 Å². The van der Waals surface area contributed by atoms with E-state index in [0.29, 0.717) is 30.4 Å². The van der Waals surface area contributed by atoms with Gasteiger partial charge in [0.2, 0.25) is 10.0 Å². The molecule has 0 aromatic heterocycles. The number of aliphatic hydroxyl groups excluding tert-OH is 1. The second kappa shape index (κ2) is 8.04. The molecule has 3 aliphatic rings. The summed E-state index contributed by atoms with van der Waals surface area (Å²) in [5.74, 6) is -0.502. The predicted molar refractivity (Wildman–Crippen MR) is 112 cm³/mol. The summed E-state index contributed by atoms with van der Waals surface area (Å²) in [5.41, 5.74) is 0.269. The highest BCUT2D eigenvalue weighted by molar-refractivity contribution is 7.88. The van der Waals surface area contributed by atoms with Crippen LogP contribution in [0.4, 0.5) is 4.39 Å². The second-order valence-corrected chi connectivity index (χ2v) is 10.4. The van der Waals surface area contributed by atoms with Crippen LogP contribution < -0.4 is 14.8 Å². The molecule has 2 aromatic rings. The predicted octanol–water partition coefficient (Wildman–Crippen LogP) is 2.43. The van der Waals surface area contributed by atoms with E-state index in [2.05, 4.69) is 10.0 Å². The summed E-state index contributed by atoms with van der Waals surface area (Å²) in [6.07, 6.45) is 0.727. The molecule has 3 fully saturated rings. The van der Waals surface area contributed by atoms with E-state index in [1.807, 2.05) is 6.07 Å². The lowest BCUT2D eigenvalue weighted by Gasteiger charge is -2.70. The Bertz CT molecular complexity index is 1110. The third-order valence-corrected chi connectivity index (χ3v) is 7.38. The number of nitrogens with zero attached hydrogens (tertiary/aromatic N) is 1. The number of sulfonamides is 1. The molecule has 0 saturated heterocycles. The molecule has 3 aliphatic carbocycles. The average molecular weight is 466 g/mol. The van der Waals surface area contributed by atoms with Crippen molar-refractivity contribution in [2.75, 3.05) is 6.61 Å². The van der Waals surface area contributed by atoms with Crippen LogP contribution in [-0.2, 0) is 15.8 Å². The molecule has 0 heterocycles. The van der Waals surface area contributed by atoms with E-state index < -0.39 is 27.6 Å². The molecular weight excluding hydrogens is 445 g/mol. The van der Waals surface area contributed by atoms with Gasteiger partial charge in [-0.2, -0.15) is 5.26 Å². The molecule has 1 atom stereocenters. The summed E-state index contributed by atoms with van der Waals surface area (Å²) in [6.45, 7) is -0.0831. The standard InChI is InChI=1S/C21H21ClFN3O4S/c22-17-6-5-16(7-18(17)23)30-9-19(27)25-20-11-21(12-20,13-20)26-31(28,29)10-15-3-1-14(8-24)2-4-15/h1-7,19,25-27H,9-13H2. The summed E-state index contributed by atoms with van der Waals surface area (Å²) in [7, 11) is -3.54. The van der Waals surface area contributed by atoms with Crippen LogP contribution in [0.3, 0.4) is 0 Å². The number of nitriles is 1. The van der Waals surface area contributed by atoms with Crippen molar-refractivity contribution < 1.29 is 22.7 Å². The fraction of sp³-hybridized carbons (Fsp3) is 0.381. The first-order chi connectivity index (χ1) is 14.6. The zero-order valence-electron chi connectivity index (χ0n) is 16.4. The largest absolute Gasteiger partial charge is 0.489 e. The highest BCUT2D eigenvalue weighted by atomic mass is 35.5. The lowest BCUT2D eigenvalue weighted by Crippen LogP contribution is -2.84. The van der Waals surface area contributed by atoms with E-state index in [1.165, 1.54) is 12.1 Å². The summed E-state index contributed by atoms with van der Waals surface area (Å²) < 4.78 is 46.6. The van der Waals surface area contributed by atoms with Crippen LogP contribution in [0.2, 0.25) is 5.02 Å². The van der Waals surface area contributed by atoms with Gasteiger partial charge >= 0.3 is 0 Å². The Morgan fingerprint density at radius 2 is 1.87 bits per heavy atom. The van der Waals surface area contributed by atoms with Crippen molar-refractivity contribution in [3.8, 4) is 11.8 Å². The van der Waals surface area contributed by atoms with Crippen molar-refractivity contribution in [2.45, 2.75) is 42.3 Å². The molecule has 164 valence electrons. The summed E-state index contributed by atoms with van der Waals surface area (Å²) in [5, 5.41) is 22.1. The minimum atomic E-state index is -3.54. The van der Waals surface area contributed by atoms with Crippen molar-refractivity contribution in [1.82, 2.24) is 10.0 Å². The molecule has 3 saturated carbocycles.